The topological polar surface area (TPSA) is 63.6 Å². The van der Waals surface area contributed by atoms with E-state index in [1.54, 1.807) is 47.8 Å². The van der Waals surface area contributed by atoms with Crippen LogP contribution < -0.4 is 0 Å². The lowest BCUT2D eigenvalue weighted by Gasteiger charge is -2.06. The van der Waals surface area contributed by atoms with Crippen LogP contribution in [0, 0.1) is 0 Å². The number of aromatic carboxylic acids is 1. The van der Waals surface area contributed by atoms with E-state index in [1.807, 2.05) is 36.8 Å². The molecular formula is C28H40O4S2. The second-order valence-corrected chi connectivity index (χ2v) is 9.84. The lowest BCUT2D eigenvalue weighted by atomic mass is 10.1. The van der Waals surface area contributed by atoms with Crippen molar-refractivity contribution >= 4 is 35.5 Å². The van der Waals surface area contributed by atoms with Gasteiger partial charge in [-0.2, -0.15) is 0 Å². The van der Waals surface area contributed by atoms with Gasteiger partial charge in [0.05, 0.1) is 17.7 Å². The molecule has 188 valence electrons. The van der Waals surface area contributed by atoms with Crippen LogP contribution in [0.3, 0.4) is 0 Å². The predicted octanol–water partition coefficient (Wildman–Crippen LogP) is 8.59. The Labute approximate surface area is 214 Å². The Morgan fingerprint density at radius 3 is 1.50 bits per heavy atom. The van der Waals surface area contributed by atoms with Crippen LogP contribution in [-0.2, 0) is 4.74 Å². The molecule has 4 nitrogen and oxygen atoms in total. The summed E-state index contributed by atoms with van der Waals surface area (Å²) in [6, 6.07) is 14.4. The largest absolute Gasteiger partial charge is 0.478 e. The minimum atomic E-state index is -0.877. The van der Waals surface area contributed by atoms with Crippen molar-refractivity contribution < 1.29 is 19.4 Å². The van der Waals surface area contributed by atoms with Gasteiger partial charge in [-0.15, -0.1) is 23.5 Å². The van der Waals surface area contributed by atoms with Crippen LogP contribution in [0.25, 0.3) is 0 Å². The first kappa shape index (κ1) is 30.1. The number of hydrogen-bond donors (Lipinski definition) is 1. The standard InChI is InChI=1S/C20H32O2S.C8H8O2S/c1-3-4-5-6-7-8-9-10-11-12-17-22-20(21)18-13-15-19(23-2)16-14-18;1-11-7-4-2-6(3-5-7)8(9)10/h13-16H,3-12,17H2,1-2H3;2-5H,1H3,(H,9,10). The van der Waals surface area contributed by atoms with E-state index in [4.69, 9.17) is 9.84 Å². The average molecular weight is 505 g/mol. The summed E-state index contributed by atoms with van der Waals surface area (Å²) < 4.78 is 5.33. The molecule has 0 aliphatic carbocycles. The van der Waals surface area contributed by atoms with Gasteiger partial charge >= 0.3 is 11.9 Å². The van der Waals surface area contributed by atoms with Crippen molar-refractivity contribution in [3.05, 3.63) is 59.7 Å². The zero-order chi connectivity index (χ0) is 25.0. The van der Waals surface area contributed by atoms with Gasteiger partial charge in [-0.05, 0) is 67.5 Å². The first-order valence-corrected chi connectivity index (χ1v) is 14.6. The first-order valence-electron chi connectivity index (χ1n) is 12.2. The molecule has 2 rings (SSSR count). The number of thioether (sulfide) groups is 2. The van der Waals surface area contributed by atoms with Gasteiger partial charge in [0.2, 0.25) is 0 Å². The van der Waals surface area contributed by atoms with Crippen molar-refractivity contribution in [3.8, 4) is 0 Å². The van der Waals surface area contributed by atoms with Gasteiger partial charge in [-0.25, -0.2) is 9.59 Å². The summed E-state index contributed by atoms with van der Waals surface area (Å²) in [6.45, 7) is 2.80. The zero-order valence-electron chi connectivity index (χ0n) is 20.9. The fourth-order valence-electron chi connectivity index (χ4n) is 3.30. The lowest BCUT2D eigenvalue weighted by molar-refractivity contribution is 0.0497. The van der Waals surface area contributed by atoms with Gasteiger partial charge in [0.1, 0.15) is 0 Å². The monoisotopic (exact) mass is 504 g/mol. The summed E-state index contributed by atoms with van der Waals surface area (Å²) in [6.07, 6.45) is 16.9. The maximum absolute atomic E-state index is 11.9. The highest BCUT2D eigenvalue weighted by molar-refractivity contribution is 7.98. The number of rotatable bonds is 15. The van der Waals surface area contributed by atoms with Crippen LogP contribution in [0.2, 0.25) is 0 Å². The number of carboxylic acid groups (broad SMARTS) is 1. The molecule has 0 fully saturated rings. The Hall–Kier alpha value is -1.92. The molecule has 0 saturated carbocycles. The zero-order valence-corrected chi connectivity index (χ0v) is 22.5. The van der Waals surface area contributed by atoms with Gasteiger partial charge in [0, 0.05) is 9.79 Å². The van der Waals surface area contributed by atoms with Crippen molar-refractivity contribution in [1.29, 1.82) is 0 Å². The number of carboxylic acids is 1. The van der Waals surface area contributed by atoms with E-state index in [-0.39, 0.29) is 5.97 Å². The summed E-state index contributed by atoms with van der Waals surface area (Å²) in [5.74, 6) is -1.08. The second-order valence-electron chi connectivity index (χ2n) is 8.08. The number of ether oxygens (including phenoxy) is 1. The maximum atomic E-state index is 11.9. The van der Waals surface area contributed by atoms with Crippen LogP contribution in [0.4, 0.5) is 0 Å². The molecule has 0 spiro atoms. The fraction of sp³-hybridized carbons (Fsp3) is 0.500. The van der Waals surface area contributed by atoms with Gasteiger partial charge in [-0.1, -0.05) is 64.7 Å². The van der Waals surface area contributed by atoms with E-state index < -0.39 is 5.97 Å². The van der Waals surface area contributed by atoms with Crippen molar-refractivity contribution in [2.24, 2.45) is 0 Å². The van der Waals surface area contributed by atoms with Crippen LogP contribution in [-0.4, -0.2) is 36.2 Å². The summed E-state index contributed by atoms with van der Waals surface area (Å²) in [5.41, 5.74) is 0.984. The molecule has 6 heteroatoms. The normalized spacial score (nSPS) is 10.3. The molecule has 0 unspecified atom stereocenters. The van der Waals surface area contributed by atoms with Gasteiger partial charge in [-0.3, -0.25) is 0 Å². The van der Waals surface area contributed by atoms with E-state index in [1.165, 1.54) is 51.4 Å². The van der Waals surface area contributed by atoms with E-state index in [9.17, 15) is 9.59 Å². The van der Waals surface area contributed by atoms with Gasteiger partial charge in [0.25, 0.3) is 0 Å². The molecular weight excluding hydrogens is 464 g/mol. The smallest absolute Gasteiger partial charge is 0.338 e. The molecule has 0 radical (unpaired) electrons. The van der Waals surface area contributed by atoms with Gasteiger partial charge in [0.15, 0.2) is 0 Å². The van der Waals surface area contributed by atoms with Gasteiger partial charge < -0.3 is 9.84 Å². The number of benzene rings is 2. The maximum Gasteiger partial charge on any atom is 0.338 e. The second kappa shape index (κ2) is 19.4. The molecule has 0 atom stereocenters. The van der Waals surface area contributed by atoms with Crippen molar-refractivity contribution in [2.75, 3.05) is 19.1 Å². The SMILES string of the molecule is CCCCCCCCCCCCOC(=O)c1ccc(SC)cc1.CSc1ccc(C(=O)O)cc1. The Bertz CT molecular complexity index is 804. The summed E-state index contributed by atoms with van der Waals surface area (Å²) in [7, 11) is 0. The number of esters is 1. The molecule has 0 amide bonds. The van der Waals surface area contributed by atoms with Crippen molar-refractivity contribution in [1.82, 2.24) is 0 Å². The van der Waals surface area contributed by atoms with Crippen LogP contribution in [0.15, 0.2) is 58.3 Å². The molecule has 0 aliphatic heterocycles. The molecule has 2 aromatic carbocycles. The Kier molecular flexibility index (Phi) is 17.2. The Morgan fingerprint density at radius 1 is 0.676 bits per heavy atom. The minimum absolute atomic E-state index is 0.200. The third-order valence-corrected chi connectivity index (χ3v) is 6.88. The molecule has 34 heavy (non-hydrogen) atoms. The molecule has 0 bridgehead atoms. The third-order valence-electron chi connectivity index (χ3n) is 5.39. The summed E-state index contributed by atoms with van der Waals surface area (Å²) in [5, 5.41) is 8.54. The van der Waals surface area contributed by atoms with Crippen LogP contribution in [0.1, 0.15) is 91.8 Å². The van der Waals surface area contributed by atoms with Crippen molar-refractivity contribution in [2.45, 2.75) is 80.9 Å². The molecule has 0 aliphatic rings. The summed E-state index contributed by atoms with van der Waals surface area (Å²) in [4.78, 5) is 24.5. The Morgan fingerprint density at radius 2 is 1.09 bits per heavy atom. The van der Waals surface area contributed by atoms with E-state index in [0.29, 0.717) is 17.7 Å². The highest BCUT2D eigenvalue weighted by Crippen LogP contribution is 2.16. The highest BCUT2D eigenvalue weighted by atomic mass is 32.2. The quantitative estimate of drug-likeness (QED) is 0.149. The molecule has 2 aromatic rings. The molecule has 0 aromatic heterocycles. The molecule has 1 N–H and O–H groups in total. The van der Waals surface area contributed by atoms with Crippen molar-refractivity contribution in [3.63, 3.8) is 0 Å². The fourth-order valence-corrected chi connectivity index (χ4v) is 4.11. The van der Waals surface area contributed by atoms with Crippen LogP contribution in [0.5, 0.6) is 0 Å². The average Bonchev–Trinajstić information content (AvgIpc) is 2.87. The first-order chi connectivity index (χ1) is 16.5. The predicted molar refractivity (Wildman–Crippen MR) is 146 cm³/mol. The number of unbranched alkanes of at least 4 members (excludes halogenated alkanes) is 9. The minimum Gasteiger partial charge on any atom is -0.478 e. The Balaban J connectivity index is 0.000000437. The number of hydrogen-bond acceptors (Lipinski definition) is 5. The number of carbonyl (C=O) groups is 2. The highest BCUT2D eigenvalue weighted by Gasteiger charge is 2.06. The van der Waals surface area contributed by atoms with E-state index in [2.05, 4.69) is 6.92 Å². The number of carbonyl (C=O) groups excluding carboxylic acids is 1. The third kappa shape index (κ3) is 13.7. The van der Waals surface area contributed by atoms with Crippen LogP contribution >= 0.6 is 23.5 Å². The van der Waals surface area contributed by atoms with E-state index >= 15 is 0 Å². The summed E-state index contributed by atoms with van der Waals surface area (Å²) >= 11 is 3.27. The lowest BCUT2D eigenvalue weighted by Crippen LogP contribution is -2.06. The van der Waals surface area contributed by atoms with E-state index in [0.717, 1.165) is 22.6 Å². The molecule has 0 heterocycles. The molecule has 0 saturated heterocycles.